The van der Waals surface area contributed by atoms with Crippen molar-refractivity contribution in [3.05, 3.63) is 24.3 Å². The molecule has 0 spiro atoms. The first-order chi connectivity index (χ1) is 6.61. The lowest BCUT2D eigenvalue weighted by atomic mass is 10.3. The van der Waals surface area contributed by atoms with E-state index in [4.69, 9.17) is 5.21 Å². The van der Waals surface area contributed by atoms with Gasteiger partial charge in [-0.05, 0) is 17.3 Å². The van der Waals surface area contributed by atoms with Gasteiger partial charge in [-0.2, -0.15) is 0 Å². The van der Waals surface area contributed by atoms with E-state index in [0.717, 1.165) is 4.85 Å². The Morgan fingerprint density at radius 3 is 2.40 bits per heavy atom. The highest BCUT2D eigenvalue weighted by Gasteiger charge is 1.98. The highest BCUT2D eigenvalue weighted by molar-refractivity contribution is 7.89. The van der Waals surface area contributed by atoms with Crippen molar-refractivity contribution in [1.29, 1.82) is 0 Å². The number of rotatable bonds is 0. The number of aromatic nitrogens is 3. The molecule has 6 nitrogen and oxygen atoms in total. The summed E-state index contributed by atoms with van der Waals surface area (Å²) in [5.41, 5.74) is 1.33. The Hall–Kier alpha value is -1.31. The van der Waals surface area contributed by atoms with Crippen molar-refractivity contribution >= 4 is 22.2 Å². The molecule has 0 aliphatic rings. The minimum atomic E-state index is -0.611. The molecule has 0 saturated heterocycles. The van der Waals surface area contributed by atoms with Crippen LogP contribution in [0.3, 0.4) is 0 Å². The second kappa shape index (κ2) is 6.23. The summed E-state index contributed by atoms with van der Waals surface area (Å²) in [5.74, 6) is 0. The molecule has 0 saturated carbocycles. The molecule has 15 heavy (non-hydrogen) atoms. The van der Waals surface area contributed by atoms with E-state index in [1.165, 1.54) is 0 Å². The Morgan fingerprint density at radius 1 is 1.33 bits per heavy atom. The summed E-state index contributed by atoms with van der Waals surface area (Å²) >= 11 is -0.611. The zero-order chi connectivity index (χ0) is 10.6. The molecule has 84 valence electrons. The maximum absolute atomic E-state index is 9.56. The monoisotopic (exact) mass is 231 g/mol. The number of nitrogens with zero attached hydrogens (tertiary/aromatic N) is 3. The highest BCUT2D eigenvalue weighted by atomic mass is 32.2. The fraction of sp³-hybridized carbons (Fsp3) is 0.250. The first-order valence-corrected chi connectivity index (χ1v) is 5.82. The standard InChI is InChI=1S/C6H5N3O.C2H6OS.H2O/c10-9-6-4-2-1-3-5(6)7-8-9;1-4(2)3;/h1-4,10H;1-2H3;1H2. The highest BCUT2D eigenvalue weighted by Crippen LogP contribution is 2.06. The molecule has 3 N–H and O–H groups in total. The van der Waals surface area contributed by atoms with Crippen LogP contribution in [0.4, 0.5) is 0 Å². The van der Waals surface area contributed by atoms with Gasteiger partial charge in [0.05, 0.1) is 12.5 Å². The van der Waals surface area contributed by atoms with Crippen molar-refractivity contribution in [3.8, 4) is 0 Å². The maximum Gasteiger partial charge on any atom is 0.130 e. The van der Waals surface area contributed by atoms with E-state index in [1.807, 2.05) is 12.1 Å². The molecule has 2 aromatic rings. The van der Waals surface area contributed by atoms with Gasteiger partial charge >= 0.3 is 0 Å². The minimum Gasteiger partial charge on any atom is -0.617 e. The predicted octanol–water partition coefficient (Wildman–Crippen LogP) is -0.161. The molecular formula is C8H13N3O3S. The van der Waals surface area contributed by atoms with Crippen LogP contribution in [0.1, 0.15) is 0 Å². The number of benzene rings is 1. The Bertz CT molecular complexity index is 402. The Balaban J connectivity index is 0.000000346. The van der Waals surface area contributed by atoms with Crippen LogP contribution < -0.4 is 0 Å². The quantitative estimate of drug-likeness (QED) is 0.502. The molecule has 0 amide bonds. The Labute approximate surface area is 90.0 Å². The number of para-hydroxylation sites is 1. The van der Waals surface area contributed by atoms with Crippen LogP contribution in [0, 0.1) is 0 Å². The molecule has 7 heteroatoms. The van der Waals surface area contributed by atoms with Crippen LogP contribution in [0.5, 0.6) is 0 Å². The Kier molecular flexibility index (Phi) is 5.68. The minimum absolute atomic E-state index is 0. The van der Waals surface area contributed by atoms with Crippen LogP contribution in [-0.2, 0) is 11.2 Å². The summed E-state index contributed by atoms with van der Waals surface area (Å²) in [6.07, 6.45) is 3.28. The zero-order valence-corrected chi connectivity index (χ0v) is 9.23. The van der Waals surface area contributed by atoms with E-state index in [0.29, 0.717) is 11.0 Å². The summed E-state index contributed by atoms with van der Waals surface area (Å²) in [7, 11) is 0. The molecule has 0 bridgehead atoms. The van der Waals surface area contributed by atoms with Crippen molar-refractivity contribution in [2.75, 3.05) is 12.5 Å². The molecule has 0 aliphatic heterocycles. The smallest absolute Gasteiger partial charge is 0.130 e. The molecule has 1 heterocycles. The molecule has 0 radical (unpaired) electrons. The lowest BCUT2D eigenvalue weighted by Gasteiger charge is -1.87. The van der Waals surface area contributed by atoms with Gasteiger partial charge in [-0.15, -0.1) is 5.10 Å². The molecule has 0 aliphatic carbocycles. The summed E-state index contributed by atoms with van der Waals surface area (Å²) in [5, 5.41) is 16.1. The van der Waals surface area contributed by atoms with Gasteiger partial charge in [-0.3, -0.25) is 0 Å². The van der Waals surface area contributed by atoms with E-state index in [9.17, 15) is 4.55 Å². The van der Waals surface area contributed by atoms with Gasteiger partial charge in [0.25, 0.3) is 0 Å². The van der Waals surface area contributed by atoms with E-state index < -0.39 is 11.2 Å². The van der Waals surface area contributed by atoms with Gasteiger partial charge in [0, 0.05) is 0 Å². The zero-order valence-electron chi connectivity index (χ0n) is 8.41. The Morgan fingerprint density at radius 2 is 1.87 bits per heavy atom. The third-order valence-electron chi connectivity index (χ3n) is 1.33. The van der Waals surface area contributed by atoms with E-state index >= 15 is 0 Å². The van der Waals surface area contributed by atoms with Crippen molar-refractivity contribution in [1.82, 2.24) is 15.2 Å². The van der Waals surface area contributed by atoms with Gasteiger partial charge in [-0.1, -0.05) is 28.2 Å². The van der Waals surface area contributed by atoms with Crippen LogP contribution >= 0.6 is 0 Å². The number of hydrogen-bond acceptors (Lipinski definition) is 4. The SMILES string of the molecule is C[S+](C)[O-].O.On1nnc2ccccc21. The van der Waals surface area contributed by atoms with Gasteiger partial charge < -0.3 is 15.2 Å². The van der Waals surface area contributed by atoms with Gasteiger partial charge in [-0.25, -0.2) is 0 Å². The first kappa shape index (κ1) is 13.7. The summed E-state index contributed by atoms with van der Waals surface area (Å²) < 4.78 is 9.56. The van der Waals surface area contributed by atoms with Crippen molar-refractivity contribution in [2.24, 2.45) is 0 Å². The third-order valence-corrected chi connectivity index (χ3v) is 1.33. The molecule has 0 fully saturated rings. The average Bonchev–Trinajstić information content (AvgIpc) is 2.48. The van der Waals surface area contributed by atoms with Crippen LogP contribution in [-0.4, -0.2) is 42.9 Å². The fourth-order valence-corrected chi connectivity index (χ4v) is 0.857. The second-order valence-electron chi connectivity index (χ2n) is 2.71. The molecule has 0 unspecified atom stereocenters. The van der Waals surface area contributed by atoms with Crippen molar-refractivity contribution in [2.45, 2.75) is 0 Å². The van der Waals surface area contributed by atoms with Gasteiger partial charge in [0.15, 0.2) is 0 Å². The third kappa shape index (κ3) is 4.15. The normalized spacial score (nSPS) is 9.33. The van der Waals surface area contributed by atoms with Crippen LogP contribution in [0.15, 0.2) is 24.3 Å². The molecule has 0 atom stereocenters. The second-order valence-corrected chi connectivity index (χ2v) is 4.19. The number of hydrogen-bond donors (Lipinski definition) is 1. The van der Waals surface area contributed by atoms with Crippen LogP contribution in [0.2, 0.25) is 0 Å². The topological polar surface area (TPSA) is 106 Å². The lowest BCUT2D eigenvalue weighted by Crippen LogP contribution is -1.90. The first-order valence-electron chi connectivity index (χ1n) is 3.86. The van der Waals surface area contributed by atoms with E-state index in [1.54, 1.807) is 24.6 Å². The lowest BCUT2D eigenvalue weighted by molar-refractivity contribution is 0.155. The molecular weight excluding hydrogens is 218 g/mol. The predicted molar refractivity (Wildman–Crippen MR) is 58.3 cm³/mol. The molecule has 1 aromatic heterocycles. The maximum atomic E-state index is 9.56. The largest absolute Gasteiger partial charge is 0.617 e. The summed E-state index contributed by atoms with van der Waals surface area (Å²) in [4.78, 5) is 0.759. The van der Waals surface area contributed by atoms with E-state index in [-0.39, 0.29) is 5.48 Å². The number of fused-ring (bicyclic) bond motifs is 1. The average molecular weight is 231 g/mol. The molecule has 2 rings (SSSR count). The van der Waals surface area contributed by atoms with Crippen molar-refractivity contribution in [3.63, 3.8) is 0 Å². The summed E-state index contributed by atoms with van der Waals surface area (Å²) in [6, 6.07) is 7.19. The fourth-order valence-electron chi connectivity index (χ4n) is 0.857. The van der Waals surface area contributed by atoms with Gasteiger partial charge in [0.1, 0.15) is 11.0 Å². The van der Waals surface area contributed by atoms with E-state index in [2.05, 4.69) is 10.3 Å². The van der Waals surface area contributed by atoms with Crippen LogP contribution in [0.25, 0.3) is 11.0 Å². The molecule has 1 aromatic carbocycles. The van der Waals surface area contributed by atoms with Gasteiger partial charge in [0.2, 0.25) is 0 Å². The summed E-state index contributed by atoms with van der Waals surface area (Å²) in [6.45, 7) is 0. The van der Waals surface area contributed by atoms with Crippen molar-refractivity contribution < 1.29 is 15.2 Å².